The van der Waals surface area contributed by atoms with E-state index in [-0.39, 0.29) is 12.2 Å². The molecule has 0 saturated heterocycles. The topological polar surface area (TPSA) is 72.2 Å². The number of hydrogen-bond acceptors (Lipinski definition) is 4. The van der Waals surface area contributed by atoms with Crippen LogP contribution >= 0.6 is 0 Å². The van der Waals surface area contributed by atoms with Crippen LogP contribution in [0.2, 0.25) is 0 Å². The van der Waals surface area contributed by atoms with Gasteiger partial charge in [-0.2, -0.15) is 0 Å². The molecule has 0 heterocycles. The number of nitro groups is 1. The second kappa shape index (κ2) is 7.17. The van der Waals surface area contributed by atoms with Gasteiger partial charge in [0.25, 0.3) is 5.69 Å². The van der Waals surface area contributed by atoms with Gasteiger partial charge >= 0.3 is 0 Å². The highest BCUT2D eigenvalue weighted by Crippen LogP contribution is 2.19. The Bertz CT molecular complexity index is 454. The molecule has 18 heavy (non-hydrogen) atoms. The van der Waals surface area contributed by atoms with Gasteiger partial charge in [0.15, 0.2) is 0 Å². The van der Waals surface area contributed by atoms with Gasteiger partial charge in [-0.25, -0.2) is 4.39 Å². The molecule has 0 fully saturated rings. The highest BCUT2D eigenvalue weighted by Gasteiger charge is 2.13. The van der Waals surface area contributed by atoms with Gasteiger partial charge in [0, 0.05) is 41.0 Å². The SMILES string of the molecule is CS(=O)CCCNCc1cc(F)ccc1[N+](=O)[O-]. The summed E-state index contributed by atoms with van der Waals surface area (Å²) in [6.45, 7) is 0.817. The van der Waals surface area contributed by atoms with Crippen molar-refractivity contribution in [2.24, 2.45) is 0 Å². The lowest BCUT2D eigenvalue weighted by molar-refractivity contribution is -0.385. The van der Waals surface area contributed by atoms with Crippen molar-refractivity contribution >= 4 is 16.5 Å². The molecule has 1 N–H and O–H groups in total. The molecule has 1 atom stereocenters. The van der Waals surface area contributed by atoms with E-state index in [9.17, 15) is 18.7 Å². The van der Waals surface area contributed by atoms with E-state index in [0.29, 0.717) is 24.3 Å². The number of benzene rings is 1. The summed E-state index contributed by atoms with van der Waals surface area (Å²) in [7, 11) is -0.837. The summed E-state index contributed by atoms with van der Waals surface area (Å²) in [5, 5.41) is 13.7. The van der Waals surface area contributed by atoms with Crippen LogP contribution in [0.15, 0.2) is 18.2 Å². The third-order valence-electron chi connectivity index (χ3n) is 2.34. The molecule has 0 aliphatic rings. The first-order valence-electron chi connectivity index (χ1n) is 5.44. The zero-order chi connectivity index (χ0) is 13.5. The highest BCUT2D eigenvalue weighted by molar-refractivity contribution is 7.84. The maximum Gasteiger partial charge on any atom is 0.274 e. The average Bonchev–Trinajstić information content (AvgIpc) is 2.27. The minimum atomic E-state index is -0.837. The van der Waals surface area contributed by atoms with Crippen LogP contribution in [-0.4, -0.2) is 27.7 Å². The van der Waals surface area contributed by atoms with E-state index in [2.05, 4.69) is 5.32 Å². The molecule has 1 rings (SSSR count). The van der Waals surface area contributed by atoms with Crippen molar-refractivity contribution in [1.29, 1.82) is 0 Å². The maximum absolute atomic E-state index is 13.0. The van der Waals surface area contributed by atoms with Crippen LogP contribution in [0.4, 0.5) is 10.1 Å². The number of nitrogens with zero attached hydrogens (tertiary/aromatic N) is 1. The third-order valence-corrected chi connectivity index (χ3v) is 3.20. The molecule has 0 aliphatic carbocycles. The molecule has 0 bridgehead atoms. The molecule has 100 valence electrons. The summed E-state index contributed by atoms with van der Waals surface area (Å²) in [5.74, 6) is 0.0881. The normalized spacial score (nSPS) is 12.3. The number of nitro benzene ring substituents is 1. The van der Waals surface area contributed by atoms with Gasteiger partial charge in [-0.1, -0.05) is 0 Å². The minimum Gasteiger partial charge on any atom is -0.312 e. The van der Waals surface area contributed by atoms with E-state index in [1.165, 1.54) is 0 Å². The van der Waals surface area contributed by atoms with Crippen molar-refractivity contribution in [1.82, 2.24) is 5.32 Å². The molecule has 0 aromatic heterocycles. The van der Waals surface area contributed by atoms with Gasteiger partial charge in [-0.15, -0.1) is 0 Å². The Morgan fingerprint density at radius 1 is 1.50 bits per heavy atom. The van der Waals surface area contributed by atoms with Gasteiger partial charge in [-0.05, 0) is 25.1 Å². The quantitative estimate of drug-likeness (QED) is 0.465. The summed E-state index contributed by atoms with van der Waals surface area (Å²) in [5.41, 5.74) is 0.223. The molecule has 1 aromatic rings. The predicted octanol–water partition coefficient (Wildman–Crippen LogP) is 1.59. The molecule has 0 radical (unpaired) electrons. The Balaban J connectivity index is 2.53. The number of halogens is 1. The third kappa shape index (κ3) is 4.89. The molecule has 1 unspecified atom stereocenters. The molecule has 7 heteroatoms. The first-order valence-corrected chi connectivity index (χ1v) is 7.17. The van der Waals surface area contributed by atoms with Crippen LogP contribution in [0, 0.1) is 15.9 Å². The number of rotatable bonds is 7. The first kappa shape index (κ1) is 14.7. The average molecular weight is 274 g/mol. The maximum atomic E-state index is 13.0. The van der Waals surface area contributed by atoms with Crippen molar-refractivity contribution in [2.75, 3.05) is 18.6 Å². The van der Waals surface area contributed by atoms with E-state index in [4.69, 9.17) is 0 Å². The Hall–Kier alpha value is -1.34. The van der Waals surface area contributed by atoms with Crippen molar-refractivity contribution in [3.05, 3.63) is 39.7 Å². The van der Waals surface area contributed by atoms with Gasteiger partial charge in [0.1, 0.15) is 5.82 Å². The summed E-state index contributed by atoms with van der Waals surface area (Å²) >= 11 is 0. The lowest BCUT2D eigenvalue weighted by Gasteiger charge is -2.05. The fourth-order valence-corrected chi connectivity index (χ4v) is 2.05. The Labute approximate surface area is 107 Å². The van der Waals surface area contributed by atoms with E-state index < -0.39 is 21.5 Å². The van der Waals surface area contributed by atoms with Crippen LogP contribution in [0.5, 0.6) is 0 Å². The fourth-order valence-electron chi connectivity index (χ4n) is 1.50. The minimum absolute atomic E-state index is 0.0945. The first-order chi connectivity index (χ1) is 8.50. The standard InChI is InChI=1S/C11H15FN2O3S/c1-18(17)6-2-5-13-8-9-7-10(12)3-4-11(9)14(15)16/h3-4,7,13H,2,5-6,8H2,1H3. The van der Waals surface area contributed by atoms with Crippen LogP contribution < -0.4 is 5.32 Å². The Morgan fingerprint density at radius 2 is 2.22 bits per heavy atom. The largest absolute Gasteiger partial charge is 0.312 e. The smallest absolute Gasteiger partial charge is 0.274 e. The number of hydrogen-bond donors (Lipinski definition) is 1. The van der Waals surface area contributed by atoms with Crippen LogP contribution in [0.1, 0.15) is 12.0 Å². The van der Waals surface area contributed by atoms with Crippen LogP contribution in [0.25, 0.3) is 0 Å². The second-order valence-electron chi connectivity index (χ2n) is 3.84. The lowest BCUT2D eigenvalue weighted by Crippen LogP contribution is -2.17. The Kier molecular flexibility index (Phi) is 5.87. The van der Waals surface area contributed by atoms with Crippen LogP contribution in [-0.2, 0) is 17.3 Å². The van der Waals surface area contributed by atoms with Crippen molar-refractivity contribution in [3.8, 4) is 0 Å². The monoisotopic (exact) mass is 274 g/mol. The molecule has 1 aromatic carbocycles. The second-order valence-corrected chi connectivity index (χ2v) is 5.39. The van der Waals surface area contributed by atoms with Gasteiger partial charge in [-0.3, -0.25) is 14.3 Å². The number of nitrogens with one attached hydrogen (secondary N) is 1. The van der Waals surface area contributed by atoms with Crippen molar-refractivity contribution in [3.63, 3.8) is 0 Å². The summed E-state index contributed by atoms with van der Waals surface area (Å²) < 4.78 is 23.8. The predicted molar refractivity (Wildman–Crippen MR) is 68.3 cm³/mol. The molecule has 0 aliphatic heterocycles. The lowest BCUT2D eigenvalue weighted by atomic mass is 10.1. The fraction of sp³-hybridized carbons (Fsp3) is 0.455. The zero-order valence-electron chi connectivity index (χ0n) is 10.0. The van der Waals surface area contributed by atoms with Gasteiger partial charge in [0.2, 0.25) is 0 Å². The summed E-state index contributed by atoms with van der Waals surface area (Å²) in [6.07, 6.45) is 2.34. The molecular formula is C11H15FN2O3S. The van der Waals surface area contributed by atoms with E-state index in [0.717, 1.165) is 18.2 Å². The zero-order valence-corrected chi connectivity index (χ0v) is 10.8. The molecule has 5 nitrogen and oxygen atoms in total. The van der Waals surface area contributed by atoms with Crippen LogP contribution in [0.3, 0.4) is 0 Å². The van der Waals surface area contributed by atoms with E-state index in [1.54, 1.807) is 6.26 Å². The van der Waals surface area contributed by atoms with Crippen molar-refractivity contribution < 1.29 is 13.5 Å². The highest BCUT2D eigenvalue weighted by atomic mass is 32.2. The molecular weight excluding hydrogens is 259 g/mol. The van der Waals surface area contributed by atoms with E-state index in [1.807, 2.05) is 0 Å². The van der Waals surface area contributed by atoms with E-state index >= 15 is 0 Å². The van der Waals surface area contributed by atoms with Gasteiger partial charge in [0.05, 0.1) is 4.92 Å². The Morgan fingerprint density at radius 3 is 2.83 bits per heavy atom. The molecule has 0 spiro atoms. The summed E-state index contributed by atoms with van der Waals surface area (Å²) in [4.78, 5) is 10.2. The summed E-state index contributed by atoms with van der Waals surface area (Å²) in [6, 6.07) is 3.39. The molecule has 0 amide bonds. The van der Waals surface area contributed by atoms with Gasteiger partial charge < -0.3 is 5.32 Å². The van der Waals surface area contributed by atoms with Crippen molar-refractivity contribution in [2.45, 2.75) is 13.0 Å². The molecule has 0 saturated carbocycles.